The van der Waals surface area contributed by atoms with Crippen LogP contribution in [0.3, 0.4) is 0 Å². The van der Waals surface area contributed by atoms with Crippen LogP contribution in [0.4, 0.5) is 0 Å². The maximum Gasteiger partial charge on any atom is 0.136 e. The molecule has 7 aromatic rings. The molecule has 4 heteroatoms. The maximum atomic E-state index is 6.55. The SMILES string of the molecule is Clc1cccc2c(-c3nc4ccccc4nc3-c3cccc4oc5ccccc5c34)cccc12. The van der Waals surface area contributed by atoms with Crippen molar-refractivity contribution >= 4 is 55.3 Å². The first-order valence-electron chi connectivity index (χ1n) is 11.1. The van der Waals surface area contributed by atoms with E-state index in [1.807, 2.05) is 78.9 Å². The molecule has 0 radical (unpaired) electrons. The third kappa shape index (κ3) is 2.84. The zero-order valence-corrected chi connectivity index (χ0v) is 18.8. The molecule has 0 amide bonds. The third-order valence-corrected chi connectivity index (χ3v) is 6.68. The summed E-state index contributed by atoms with van der Waals surface area (Å²) in [4.78, 5) is 10.3. The molecule has 3 nitrogen and oxygen atoms in total. The molecule has 7 rings (SSSR count). The smallest absolute Gasteiger partial charge is 0.136 e. The van der Waals surface area contributed by atoms with Gasteiger partial charge in [0.2, 0.25) is 0 Å². The number of fused-ring (bicyclic) bond motifs is 5. The Labute approximate surface area is 200 Å². The highest BCUT2D eigenvalue weighted by molar-refractivity contribution is 6.36. The van der Waals surface area contributed by atoms with Gasteiger partial charge in [0.15, 0.2) is 0 Å². The molecule has 2 heterocycles. The van der Waals surface area contributed by atoms with Crippen LogP contribution in [-0.2, 0) is 0 Å². The van der Waals surface area contributed by atoms with E-state index in [9.17, 15) is 0 Å². The minimum Gasteiger partial charge on any atom is -0.456 e. The molecule has 0 saturated heterocycles. The fourth-order valence-corrected chi connectivity index (χ4v) is 5.06. The highest BCUT2D eigenvalue weighted by Gasteiger charge is 2.20. The van der Waals surface area contributed by atoms with Crippen LogP contribution in [0, 0.1) is 0 Å². The quantitative estimate of drug-likeness (QED) is 0.261. The standard InChI is InChI=1S/C30H17ClN2O/c31-23-13-6-9-18-19(23)10-5-11-20(18)29-30(33-25-15-3-2-14-24(25)32-29)22-12-7-17-27-28(22)21-8-1-4-16-26(21)34-27/h1-17H. The normalized spacial score (nSPS) is 11.7. The number of hydrogen-bond donors (Lipinski definition) is 0. The topological polar surface area (TPSA) is 38.9 Å². The zero-order chi connectivity index (χ0) is 22.6. The Morgan fingerprint density at radius 1 is 0.500 bits per heavy atom. The average Bonchev–Trinajstić information content (AvgIpc) is 3.27. The molecule has 0 N–H and O–H groups in total. The van der Waals surface area contributed by atoms with Crippen molar-refractivity contribution in [3.8, 4) is 22.5 Å². The number of para-hydroxylation sites is 3. The van der Waals surface area contributed by atoms with Gasteiger partial charge in [0.1, 0.15) is 11.2 Å². The Morgan fingerprint density at radius 3 is 1.94 bits per heavy atom. The molecule has 0 saturated carbocycles. The second-order valence-corrected chi connectivity index (χ2v) is 8.73. The molecule has 34 heavy (non-hydrogen) atoms. The van der Waals surface area contributed by atoms with Gasteiger partial charge >= 0.3 is 0 Å². The van der Waals surface area contributed by atoms with Gasteiger partial charge < -0.3 is 4.42 Å². The zero-order valence-electron chi connectivity index (χ0n) is 18.0. The fraction of sp³-hybridized carbons (Fsp3) is 0. The molecule has 5 aromatic carbocycles. The van der Waals surface area contributed by atoms with Gasteiger partial charge in [-0.2, -0.15) is 0 Å². The molecule has 160 valence electrons. The van der Waals surface area contributed by atoms with Crippen molar-refractivity contribution in [3.05, 3.63) is 108 Å². The van der Waals surface area contributed by atoms with Crippen molar-refractivity contribution in [1.29, 1.82) is 0 Å². The summed E-state index contributed by atoms with van der Waals surface area (Å²) >= 11 is 6.55. The number of nitrogens with zero attached hydrogens (tertiary/aromatic N) is 2. The van der Waals surface area contributed by atoms with E-state index < -0.39 is 0 Å². The highest BCUT2D eigenvalue weighted by atomic mass is 35.5. The van der Waals surface area contributed by atoms with Crippen LogP contribution >= 0.6 is 11.6 Å². The number of furan rings is 1. The van der Waals surface area contributed by atoms with Crippen LogP contribution in [0.5, 0.6) is 0 Å². The molecule has 0 spiro atoms. The average molecular weight is 457 g/mol. The first kappa shape index (κ1) is 19.3. The lowest BCUT2D eigenvalue weighted by Crippen LogP contribution is -1.96. The van der Waals surface area contributed by atoms with E-state index in [1.165, 1.54) is 0 Å². The predicted octanol–water partition coefficient (Wildman–Crippen LogP) is 8.67. The van der Waals surface area contributed by atoms with Gasteiger partial charge in [0.25, 0.3) is 0 Å². The number of halogens is 1. The number of rotatable bonds is 2. The Hall–Kier alpha value is -4.21. The van der Waals surface area contributed by atoms with Crippen molar-refractivity contribution in [3.63, 3.8) is 0 Å². The number of benzene rings is 5. The summed E-state index contributed by atoms with van der Waals surface area (Å²) in [6.45, 7) is 0. The summed E-state index contributed by atoms with van der Waals surface area (Å²) in [5, 5.41) is 4.87. The molecule has 0 atom stereocenters. The molecule has 2 aromatic heterocycles. The van der Waals surface area contributed by atoms with E-state index in [2.05, 4.69) is 24.3 Å². The van der Waals surface area contributed by atoms with E-state index in [0.717, 1.165) is 71.3 Å². The Bertz CT molecular complexity index is 1890. The first-order valence-corrected chi connectivity index (χ1v) is 11.5. The van der Waals surface area contributed by atoms with E-state index in [0.29, 0.717) is 0 Å². The van der Waals surface area contributed by atoms with Crippen LogP contribution in [0.15, 0.2) is 108 Å². The van der Waals surface area contributed by atoms with Gasteiger partial charge in [0.05, 0.1) is 22.4 Å². The van der Waals surface area contributed by atoms with Gasteiger partial charge in [0, 0.05) is 32.3 Å². The fourth-order valence-electron chi connectivity index (χ4n) is 4.83. The van der Waals surface area contributed by atoms with Crippen molar-refractivity contribution in [2.24, 2.45) is 0 Å². The monoisotopic (exact) mass is 456 g/mol. The van der Waals surface area contributed by atoms with Crippen molar-refractivity contribution < 1.29 is 4.42 Å². The molecule has 0 unspecified atom stereocenters. The largest absolute Gasteiger partial charge is 0.456 e. The van der Waals surface area contributed by atoms with Crippen molar-refractivity contribution in [2.75, 3.05) is 0 Å². The summed E-state index contributed by atoms with van der Waals surface area (Å²) in [6, 6.07) is 34.4. The summed E-state index contributed by atoms with van der Waals surface area (Å²) in [6.07, 6.45) is 0. The third-order valence-electron chi connectivity index (χ3n) is 6.35. The van der Waals surface area contributed by atoms with Gasteiger partial charge in [-0.1, -0.05) is 84.4 Å². The van der Waals surface area contributed by atoms with Crippen molar-refractivity contribution in [2.45, 2.75) is 0 Å². The van der Waals surface area contributed by atoms with Crippen LogP contribution in [0.25, 0.3) is 66.3 Å². The van der Waals surface area contributed by atoms with Crippen molar-refractivity contribution in [1.82, 2.24) is 9.97 Å². The maximum absolute atomic E-state index is 6.55. The van der Waals surface area contributed by atoms with E-state index in [1.54, 1.807) is 0 Å². The Balaban J connectivity index is 1.64. The molecule has 0 aliphatic rings. The summed E-state index contributed by atoms with van der Waals surface area (Å²) in [5.41, 5.74) is 7.03. The van der Waals surface area contributed by atoms with Gasteiger partial charge in [-0.05, 0) is 35.7 Å². The second kappa shape index (κ2) is 7.41. The number of hydrogen-bond acceptors (Lipinski definition) is 3. The summed E-state index contributed by atoms with van der Waals surface area (Å²) in [5.74, 6) is 0. The van der Waals surface area contributed by atoms with Crippen LogP contribution in [0.2, 0.25) is 5.02 Å². The van der Waals surface area contributed by atoms with E-state index in [4.69, 9.17) is 26.0 Å². The molecule has 0 aliphatic heterocycles. The minimum absolute atomic E-state index is 0.720. The lowest BCUT2D eigenvalue weighted by Gasteiger charge is -2.14. The molecule has 0 aliphatic carbocycles. The van der Waals surface area contributed by atoms with Gasteiger partial charge in [-0.15, -0.1) is 0 Å². The molecule has 0 bridgehead atoms. The highest BCUT2D eigenvalue weighted by Crippen LogP contribution is 2.41. The Kier molecular flexibility index (Phi) is 4.20. The molecule has 0 fully saturated rings. The summed E-state index contributed by atoms with van der Waals surface area (Å²) in [7, 11) is 0. The lowest BCUT2D eigenvalue weighted by molar-refractivity contribution is 0.669. The van der Waals surface area contributed by atoms with Crippen LogP contribution < -0.4 is 0 Å². The Morgan fingerprint density at radius 2 is 1.09 bits per heavy atom. The number of aromatic nitrogens is 2. The van der Waals surface area contributed by atoms with Crippen LogP contribution in [0.1, 0.15) is 0 Å². The van der Waals surface area contributed by atoms with E-state index in [-0.39, 0.29) is 0 Å². The predicted molar refractivity (Wildman–Crippen MR) is 140 cm³/mol. The van der Waals surface area contributed by atoms with Gasteiger partial charge in [-0.3, -0.25) is 0 Å². The first-order chi connectivity index (χ1) is 16.8. The van der Waals surface area contributed by atoms with Gasteiger partial charge in [-0.25, -0.2) is 9.97 Å². The molecular weight excluding hydrogens is 440 g/mol. The molecular formula is C30H17ClN2O. The van der Waals surface area contributed by atoms with E-state index >= 15 is 0 Å². The second-order valence-electron chi connectivity index (χ2n) is 8.33. The minimum atomic E-state index is 0.720. The van der Waals surface area contributed by atoms with Crippen LogP contribution in [-0.4, -0.2) is 9.97 Å². The summed E-state index contributed by atoms with van der Waals surface area (Å²) < 4.78 is 6.17. The lowest BCUT2D eigenvalue weighted by atomic mass is 9.96.